The third kappa shape index (κ3) is 3.35. The van der Waals surface area contributed by atoms with Gasteiger partial charge in [-0.2, -0.15) is 0 Å². The number of rotatable bonds is 4. The van der Waals surface area contributed by atoms with Crippen LogP contribution in [0.5, 0.6) is 5.75 Å². The normalized spacial score (nSPS) is 21.2. The average molecular weight is 235 g/mol. The van der Waals surface area contributed by atoms with Gasteiger partial charge in [-0.05, 0) is 50.2 Å². The Morgan fingerprint density at radius 2 is 2.18 bits per heavy atom. The molecule has 1 heterocycles. The molecule has 0 saturated carbocycles. The van der Waals surface area contributed by atoms with Crippen molar-refractivity contribution in [3.63, 3.8) is 0 Å². The first-order chi connectivity index (χ1) is 8.31. The van der Waals surface area contributed by atoms with Gasteiger partial charge in [0.05, 0.1) is 0 Å². The maximum atomic E-state index is 10.4. The van der Waals surface area contributed by atoms with Crippen molar-refractivity contribution >= 4 is 5.69 Å². The minimum atomic E-state index is 0.273. The van der Waals surface area contributed by atoms with Gasteiger partial charge in [0.1, 0.15) is 11.9 Å². The molecule has 4 nitrogen and oxygen atoms in total. The molecular formula is C13H19N2O2-. The zero-order valence-electron chi connectivity index (χ0n) is 10.2. The third-order valence-corrected chi connectivity index (χ3v) is 3.18. The van der Waals surface area contributed by atoms with Crippen LogP contribution in [0.1, 0.15) is 19.8 Å². The molecule has 1 N–H and O–H groups in total. The van der Waals surface area contributed by atoms with E-state index in [1.54, 1.807) is 12.1 Å². The summed E-state index contributed by atoms with van der Waals surface area (Å²) in [5.74, 6) is 0.840. The number of ether oxygens (including phenoxy) is 1. The molecule has 1 saturated heterocycles. The van der Waals surface area contributed by atoms with Crippen LogP contribution in [0.15, 0.2) is 24.3 Å². The molecule has 1 aromatic rings. The van der Waals surface area contributed by atoms with Crippen LogP contribution in [0, 0.1) is 5.21 Å². The molecule has 0 radical (unpaired) electrons. The van der Waals surface area contributed by atoms with Crippen molar-refractivity contribution in [1.29, 1.82) is 0 Å². The number of anilines is 1. The van der Waals surface area contributed by atoms with E-state index < -0.39 is 0 Å². The topological polar surface area (TPSA) is 47.6 Å². The lowest BCUT2D eigenvalue weighted by Gasteiger charge is -2.32. The molecule has 0 bridgehead atoms. The fourth-order valence-electron chi connectivity index (χ4n) is 2.19. The summed E-state index contributed by atoms with van der Waals surface area (Å²) in [4.78, 5) is 2.40. The first-order valence-electron chi connectivity index (χ1n) is 6.19. The molecule has 0 aliphatic carbocycles. The lowest BCUT2D eigenvalue weighted by Crippen LogP contribution is -2.40. The van der Waals surface area contributed by atoms with E-state index in [-0.39, 0.29) is 6.10 Å². The Bertz CT molecular complexity index is 340. The molecule has 0 aromatic heterocycles. The fourth-order valence-corrected chi connectivity index (χ4v) is 2.19. The summed E-state index contributed by atoms with van der Waals surface area (Å²) >= 11 is 0. The molecular weight excluding hydrogens is 216 g/mol. The summed E-state index contributed by atoms with van der Waals surface area (Å²) in [7, 11) is 0. The lowest BCUT2D eigenvalue weighted by molar-refractivity contribution is 0.0920. The number of hydrogen-bond acceptors (Lipinski definition) is 4. The highest BCUT2D eigenvalue weighted by Crippen LogP contribution is 2.20. The van der Waals surface area contributed by atoms with E-state index in [0.717, 1.165) is 25.3 Å². The summed E-state index contributed by atoms with van der Waals surface area (Å²) < 4.78 is 5.92. The van der Waals surface area contributed by atoms with Gasteiger partial charge in [0, 0.05) is 12.2 Å². The van der Waals surface area contributed by atoms with Crippen LogP contribution in [-0.4, -0.2) is 30.6 Å². The molecule has 2 rings (SSSR count). The third-order valence-electron chi connectivity index (χ3n) is 3.18. The SMILES string of the molecule is CCN1CCCC(Oc2ccc(N[O-])cc2)C1. The molecule has 17 heavy (non-hydrogen) atoms. The number of likely N-dealkylation sites (tertiary alicyclic amines) is 1. The van der Waals surface area contributed by atoms with Crippen molar-refractivity contribution in [1.82, 2.24) is 4.90 Å². The highest BCUT2D eigenvalue weighted by Gasteiger charge is 2.19. The molecule has 1 fully saturated rings. The zero-order chi connectivity index (χ0) is 12.1. The zero-order valence-corrected chi connectivity index (χ0v) is 10.2. The summed E-state index contributed by atoms with van der Waals surface area (Å²) in [5.41, 5.74) is 2.43. The number of benzene rings is 1. The van der Waals surface area contributed by atoms with Crippen molar-refractivity contribution in [2.75, 3.05) is 25.1 Å². The van der Waals surface area contributed by atoms with E-state index in [1.807, 2.05) is 17.6 Å². The highest BCUT2D eigenvalue weighted by atomic mass is 16.5. The van der Waals surface area contributed by atoms with E-state index in [0.29, 0.717) is 5.69 Å². The average Bonchev–Trinajstić information content (AvgIpc) is 2.40. The van der Waals surface area contributed by atoms with E-state index in [9.17, 15) is 5.21 Å². The molecule has 1 aliphatic rings. The van der Waals surface area contributed by atoms with Gasteiger partial charge in [0.25, 0.3) is 0 Å². The van der Waals surface area contributed by atoms with Crippen LogP contribution in [-0.2, 0) is 0 Å². The van der Waals surface area contributed by atoms with Gasteiger partial charge >= 0.3 is 0 Å². The van der Waals surface area contributed by atoms with Crippen molar-refractivity contribution in [2.45, 2.75) is 25.9 Å². The molecule has 4 heteroatoms. The van der Waals surface area contributed by atoms with Crippen molar-refractivity contribution in [3.8, 4) is 5.75 Å². The van der Waals surface area contributed by atoms with E-state index in [1.165, 1.54) is 13.0 Å². The second-order valence-corrected chi connectivity index (χ2v) is 4.40. The van der Waals surface area contributed by atoms with Gasteiger partial charge in [0.2, 0.25) is 0 Å². The maximum absolute atomic E-state index is 10.4. The molecule has 94 valence electrons. The summed E-state index contributed by atoms with van der Waals surface area (Å²) in [6, 6.07) is 7.15. The number of piperidine rings is 1. The van der Waals surface area contributed by atoms with Crippen LogP contribution >= 0.6 is 0 Å². The van der Waals surface area contributed by atoms with Crippen LogP contribution in [0.25, 0.3) is 0 Å². The van der Waals surface area contributed by atoms with Crippen LogP contribution < -0.4 is 10.2 Å². The standard InChI is InChI=1S/C13H19N2O2/c1-2-15-9-3-4-13(10-15)17-12-7-5-11(14-16)6-8-12/h5-8,13-14H,2-4,9-10H2,1H3/q-1. The molecule has 1 atom stereocenters. The Hall–Kier alpha value is -1.26. The minimum Gasteiger partial charge on any atom is -0.761 e. The second kappa shape index (κ2) is 5.89. The van der Waals surface area contributed by atoms with Gasteiger partial charge in [-0.15, -0.1) is 0 Å². The molecule has 1 aromatic carbocycles. The van der Waals surface area contributed by atoms with Gasteiger partial charge in [0.15, 0.2) is 0 Å². The van der Waals surface area contributed by atoms with Gasteiger partial charge < -0.3 is 15.4 Å². The molecule has 1 unspecified atom stereocenters. The predicted octanol–water partition coefficient (Wildman–Crippen LogP) is 2.46. The number of nitrogens with one attached hydrogen (secondary N) is 1. The monoisotopic (exact) mass is 235 g/mol. The van der Waals surface area contributed by atoms with Crippen LogP contribution in [0.4, 0.5) is 5.69 Å². The van der Waals surface area contributed by atoms with E-state index >= 15 is 0 Å². The first-order valence-corrected chi connectivity index (χ1v) is 6.19. The van der Waals surface area contributed by atoms with Crippen molar-refractivity contribution in [3.05, 3.63) is 29.5 Å². The summed E-state index contributed by atoms with van der Waals surface area (Å²) in [6.07, 6.45) is 2.58. The van der Waals surface area contributed by atoms with E-state index in [4.69, 9.17) is 4.74 Å². The van der Waals surface area contributed by atoms with Crippen LogP contribution in [0.3, 0.4) is 0 Å². The smallest absolute Gasteiger partial charge is 0.119 e. The number of nitrogens with zero attached hydrogens (tertiary/aromatic N) is 1. The Balaban J connectivity index is 1.90. The largest absolute Gasteiger partial charge is 0.761 e. The number of hydrogen-bond donors (Lipinski definition) is 1. The second-order valence-electron chi connectivity index (χ2n) is 4.40. The van der Waals surface area contributed by atoms with Crippen molar-refractivity contribution < 1.29 is 4.74 Å². The predicted molar refractivity (Wildman–Crippen MR) is 69.2 cm³/mol. The molecule has 0 amide bonds. The Kier molecular flexibility index (Phi) is 4.23. The van der Waals surface area contributed by atoms with Crippen molar-refractivity contribution in [2.24, 2.45) is 0 Å². The maximum Gasteiger partial charge on any atom is 0.119 e. The van der Waals surface area contributed by atoms with E-state index in [2.05, 4.69) is 11.8 Å². The Morgan fingerprint density at radius 3 is 2.82 bits per heavy atom. The van der Waals surface area contributed by atoms with Gasteiger partial charge in [-0.25, -0.2) is 0 Å². The van der Waals surface area contributed by atoms with Gasteiger partial charge in [-0.1, -0.05) is 6.92 Å². The Labute approximate surface area is 102 Å². The molecule has 0 spiro atoms. The number of likely N-dealkylation sites (N-methyl/N-ethyl adjacent to an activating group) is 1. The quantitative estimate of drug-likeness (QED) is 0.814. The van der Waals surface area contributed by atoms with Crippen LogP contribution in [0.2, 0.25) is 0 Å². The fraction of sp³-hybridized carbons (Fsp3) is 0.538. The minimum absolute atomic E-state index is 0.273. The molecule has 1 aliphatic heterocycles. The lowest BCUT2D eigenvalue weighted by atomic mass is 10.1. The van der Waals surface area contributed by atoms with Gasteiger partial charge in [-0.3, -0.25) is 4.90 Å². The highest BCUT2D eigenvalue weighted by molar-refractivity contribution is 5.46. The first kappa shape index (κ1) is 12.2. The summed E-state index contributed by atoms with van der Waals surface area (Å²) in [6.45, 7) is 5.43. The summed E-state index contributed by atoms with van der Waals surface area (Å²) in [5, 5.41) is 10.4. The Morgan fingerprint density at radius 1 is 1.41 bits per heavy atom.